The second kappa shape index (κ2) is 8.89. The van der Waals surface area contributed by atoms with Crippen molar-refractivity contribution in [3.8, 4) is 5.75 Å². The van der Waals surface area contributed by atoms with Gasteiger partial charge in [-0.3, -0.25) is 4.98 Å². The average molecular weight is 368 g/mol. The second-order valence-electron chi connectivity index (χ2n) is 7.38. The van der Waals surface area contributed by atoms with Crippen molar-refractivity contribution in [2.24, 2.45) is 5.92 Å². The lowest BCUT2D eigenvalue weighted by Crippen LogP contribution is -2.47. The van der Waals surface area contributed by atoms with Crippen molar-refractivity contribution in [2.45, 2.75) is 46.3 Å². The minimum atomic E-state index is -0.244. The maximum atomic E-state index is 12.5. The first-order chi connectivity index (χ1) is 13.0. The maximum absolute atomic E-state index is 12.5. The summed E-state index contributed by atoms with van der Waals surface area (Å²) in [6, 6.07) is 13.9. The van der Waals surface area contributed by atoms with E-state index in [0.29, 0.717) is 25.7 Å². The Hall–Kier alpha value is -2.56. The molecule has 0 unspecified atom stereocenters. The fraction of sp³-hybridized carbons (Fsp3) is 0.455. The van der Waals surface area contributed by atoms with E-state index >= 15 is 0 Å². The normalized spacial score (nSPS) is 19.6. The molecule has 0 radical (unpaired) electrons. The highest BCUT2D eigenvalue weighted by molar-refractivity contribution is 5.68. The fourth-order valence-corrected chi connectivity index (χ4v) is 3.47. The largest absolute Gasteiger partial charge is 0.493 e. The zero-order chi connectivity index (χ0) is 19.2. The Kier molecular flexibility index (Phi) is 6.32. The Balaban J connectivity index is 1.53. The summed E-state index contributed by atoms with van der Waals surface area (Å²) < 4.78 is 11.5. The highest BCUT2D eigenvalue weighted by Crippen LogP contribution is 2.24. The van der Waals surface area contributed by atoms with E-state index in [0.717, 1.165) is 35.5 Å². The number of rotatable bonds is 5. The zero-order valence-corrected chi connectivity index (χ0v) is 16.4. The van der Waals surface area contributed by atoms with Crippen molar-refractivity contribution >= 4 is 6.09 Å². The molecule has 144 valence electrons. The monoisotopic (exact) mass is 368 g/mol. The van der Waals surface area contributed by atoms with Gasteiger partial charge in [-0.15, -0.1) is 0 Å². The third kappa shape index (κ3) is 5.46. The van der Waals surface area contributed by atoms with Crippen molar-refractivity contribution in [1.82, 2.24) is 9.88 Å². The van der Waals surface area contributed by atoms with Crippen molar-refractivity contribution in [3.63, 3.8) is 0 Å². The van der Waals surface area contributed by atoms with E-state index in [4.69, 9.17) is 9.47 Å². The van der Waals surface area contributed by atoms with Crippen LogP contribution in [0.5, 0.6) is 5.75 Å². The van der Waals surface area contributed by atoms with E-state index in [9.17, 15) is 4.79 Å². The van der Waals surface area contributed by atoms with Gasteiger partial charge >= 0.3 is 6.09 Å². The number of aryl methyl sites for hydroxylation is 2. The van der Waals surface area contributed by atoms with Crippen LogP contribution in [-0.4, -0.2) is 35.2 Å². The van der Waals surface area contributed by atoms with Gasteiger partial charge in [-0.05, 0) is 39.2 Å². The number of benzene rings is 1. The summed E-state index contributed by atoms with van der Waals surface area (Å²) in [5.41, 5.74) is 2.90. The maximum Gasteiger partial charge on any atom is 0.410 e. The summed E-state index contributed by atoms with van der Waals surface area (Å²) in [6.07, 6.45) is 1.77. The number of ether oxygens (including phenoxy) is 2. The van der Waals surface area contributed by atoms with Crippen LogP contribution in [-0.2, 0) is 11.3 Å². The minimum absolute atomic E-state index is 0.190. The van der Waals surface area contributed by atoms with Crippen LogP contribution in [0.15, 0.2) is 42.5 Å². The molecular formula is C22H28N2O3. The summed E-state index contributed by atoms with van der Waals surface area (Å²) in [7, 11) is 0. The van der Waals surface area contributed by atoms with E-state index < -0.39 is 0 Å². The molecule has 2 atom stereocenters. The molecule has 2 aromatic rings. The number of hydrogen-bond donors (Lipinski definition) is 0. The molecule has 0 N–H and O–H groups in total. The minimum Gasteiger partial charge on any atom is -0.493 e. The predicted octanol–water partition coefficient (Wildman–Crippen LogP) is 4.51. The number of hydrogen-bond acceptors (Lipinski definition) is 4. The molecule has 2 heterocycles. The molecule has 0 saturated carbocycles. The molecule has 1 aromatic heterocycles. The number of piperidine rings is 1. The molecule has 1 amide bonds. The van der Waals surface area contributed by atoms with Crippen molar-refractivity contribution in [3.05, 3.63) is 59.4 Å². The van der Waals surface area contributed by atoms with Gasteiger partial charge in [-0.1, -0.05) is 30.3 Å². The number of pyridine rings is 1. The number of aromatic nitrogens is 1. The third-order valence-electron chi connectivity index (χ3n) is 4.96. The summed E-state index contributed by atoms with van der Waals surface area (Å²) in [5.74, 6) is 1.15. The molecule has 1 aliphatic heterocycles. The highest BCUT2D eigenvalue weighted by Gasteiger charge is 2.30. The molecule has 1 aliphatic rings. The van der Waals surface area contributed by atoms with Crippen LogP contribution in [0.2, 0.25) is 0 Å². The average Bonchev–Trinajstić information content (AvgIpc) is 2.65. The van der Waals surface area contributed by atoms with Crippen LogP contribution >= 0.6 is 0 Å². The number of carbonyl (C=O) groups excluding carboxylic acids is 1. The van der Waals surface area contributed by atoms with E-state index in [2.05, 4.69) is 11.9 Å². The van der Waals surface area contributed by atoms with Crippen LogP contribution < -0.4 is 4.74 Å². The topological polar surface area (TPSA) is 51.7 Å². The molecule has 3 rings (SSSR count). The fourth-order valence-electron chi connectivity index (χ4n) is 3.47. The van der Waals surface area contributed by atoms with Gasteiger partial charge < -0.3 is 14.4 Å². The Morgan fingerprint density at radius 2 is 1.85 bits per heavy atom. The quantitative estimate of drug-likeness (QED) is 0.779. The molecule has 0 aliphatic carbocycles. The SMILES string of the molecule is Cc1cc(OC[C@@H]2CC[C@@H](C)N(C(=O)OCc3ccccc3)C2)cc(C)n1. The number of nitrogens with zero attached hydrogens (tertiary/aromatic N) is 2. The molecule has 0 bridgehead atoms. The number of likely N-dealkylation sites (tertiary alicyclic amines) is 1. The van der Waals surface area contributed by atoms with Crippen LogP contribution in [0.4, 0.5) is 4.79 Å². The Bertz CT molecular complexity index is 743. The number of amides is 1. The Labute approximate surface area is 161 Å². The van der Waals surface area contributed by atoms with Gasteiger partial charge in [0.1, 0.15) is 12.4 Å². The zero-order valence-electron chi connectivity index (χ0n) is 16.4. The van der Waals surface area contributed by atoms with Crippen molar-refractivity contribution in [1.29, 1.82) is 0 Å². The molecule has 1 saturated heterocycles. The van der Waals surface area contributed by atoms with Gasteiger partial charge in [0.05, 0.1) is 6.61 Å². The van der Waals surface area contributed by atoms with Gasteiger partial charge in [0, 0.05) is 42.0 Å². The standard InChI is InChI=1S/C22H28N2O3/c1-16-11-21(12-17(2)23-16)26-15-20-10-9-18(3)24(13-20)22(25)27-14-19-7-5-4-6-8-19/h4-8,11-12,18,20H,9-10,13-15H2,1-3H3/t18-,20-/m1/s1. The van der Waals surface area contributed by atoms with E-state index in [1.807, 2.05) is 61.2 Å². The van der Waals surface area contributed by atoms with Crippen LogP contribution in [0.1, 0.15) is 36.7 Å². The van der Waals surface area contributed by atoms with E-state index in [-0.39, 0.29) is 12.1 Å². The van der Waals surface area contributed by atoms with Gasteiger partial charge in [-0.2, -0.15) is 0 Å². The summed E-state index contributed by atoms with van der Waals surface area (Å²) in [4.78, 5) is 18.8. The second-order valence-corrected chi connectivity index (χ2v) is 7.38. The first-order valence-electron chi connectivity index (χ1n) is 9.56. The van der Waals surface area contributed by atoms with Gasteiger partial charge in [0.15, 0.2) is 0 Å². The van der Waals surface area contributed by atoms with Gasteiger partial charge in [0.2, 0.25) is 0 Å². The molecule has 27 heavy (non-hydrogen) atoms. The smallest absolute Gasteiger partial charge is 0.410 e. The van der Waals surface area contributed by atoms with Crippen LogP contribution in [0.3, 0.4) is 0 Å². The predicted molar refractivity (Wildman–Crippen MR) is 105 cm³/mol. The number of carbonyl (C=O) groups is 1. The van der Waals surface area contributed by atoms with E-state index in [1.165, 1.54) is 0 Å². The molecule has 5 nitrogen and oxygen atoms in total. The van der Waals surface area contributed by atoms with Crippen molar-refractivity contribution < 1.29 is 14.3 Å². The first kappa shape index (κ1) is 19.2. The lowest BCUT2D eigenvalue weighted by Gasteiger charge is -2.37. The van der Waals surface area contributed by atoms with Crippen molar-refractivity contribution in [2.75, 3.05) is 13.2 Å². The van der Waals surface area contributed by atoms with Crippen LogP contribution in [0.25, 0.3) is 0 Å². The molecular weight excluding hydrogens is 340 g/mol. The van der Waals surface area contributed by atoms with Crippen LogP contribution in [0, 0.1) is 19.8 Å². The molecule has 1 fully saturated rings. The third-order valence-corrected chi connectivity index (χ3v) is 4.96. The lowest BCUT2D eigenvalue weighted by atomic mass is 9.94. The Morgan fingerprint density at radius 3 is 2.56 bits per heavy atom. The van der Waals surface area contributed by atoms with Gasteiger partial charge in [0.25, 0.3) is 0 Å². The lowest BCUT2D eigenvalue weighted by molar-refractivity contribution is 0.0502. The summed E-state index contributed by atoms with van der Waals surface area (Å²) in [5, 5.41) is 0. The molecule has 1 aromatic carbocycles. The Morgan fingerprint density at radius 1 is 1.15 bits per heavy atom. The molecule has 5 heteroatoms. The van der Waals surface area contributed by atoms with E-state index in [1.54, 1.807) is 0 Å². The summed E-state index contributed by atoms with van der Waals surface area (Å²) in [6.45, 7) is 7.57. The first-order valence-corrected chi connectivity index (χ1v) is 9.56. The summed E-state index contributed by atoms with van der Waals surface area (Å²) >= 11 is 0. The van der Waals surface area contributed by atoms with Gasteiger partial charge in [-0.25, -0.2) is 4.79 Å². The highest BCUT2D eigenvalue weighted by atomic mass is 16.6. The molecule has 0 spiro atoms.